The molecule has 0 spiro atoms. The van der Waals surface area contributed by atoms with Gasteiger partial charge in [0.2, 0.25) is 10.0 Å². The molecule has 1 amide bonds. The average molecular weight is 411 g/mol. The lowest BCUT2D eigenvalue weighted by Crippen LogP contribution is -2.36. The quantitative estimate of drug-likeness (QED) is 0.478. The minimum absolute atomic E-state index is 0.133. The predicted molar refractivity (Wildman–Crippen MR) is 112 cm³/mol. The SMILES string of the molecule is COc1ccc(/C=N/NC(=O)CN(C)S(=O)(=O)c2ccc3ccccc3c2)cc1. The Bertz CT molecular complexity index is 1140. The Balaban J connectivity index is 1.63. The van der Waals surface area contributed by atoms with Crippen molar-refractivity contribution in [3.05, 3.63) is 72.3 Å². The largest absolute Gasteiger partial charge is 0.497 e. The molecule has 3 aromatic carbocycles. The van der Waals surface area contributed by atoms with Crippen LogP contribution >= 0.6 is 0 Å². The molecule has 0 saturated carbocycles. The lowest BCUT2D eigenvalue weighted by molar-refractivity contribution is -0.121. The highest BCUT2D eigenvalue weighted by atomic mass is 32.2. The lowest BCUT2D eigenvalue weighted by Gasteiger charge is -2.16. The van der Waals surface area contributed by atoms with E-state index in [4.69, 9.17) is 4.74 Å². The first kappa shape index (κ1) is 20.5. The van der Waals surface area contributed by atoms with Crippen molar-refractivity contribution < 1.29 is 17.9 Å². The lowest BCUT2D eigenvalue weighted by atomic mass is 10.1. The van der Waals surface area contributed by atoms with Crippen LogP contribution in [0.25, 0.3) is 10.8 Å². The van der Waals surface area contributed by atoms with Crippen LogP contribution in [0.1, 0.15) is 5.56 Å². The van der Waals surface area contributed by atoms with Gasteiger partial charge >= 0.3 is 0 Å². The fourth-order valence-electron chi connectivity index (χ4n) is 2.70. The highest BCUT2D eigenvalue weighted by Gasteiger charge is 2.23. The van der Waals surface area contributed by atoms with E-state index in [0.717, 1.165) is 20.6 Å². The molecule has 1 N–H and O–H groups in total. The topological polar surface area (TPSA) is 88.1 Å². The van der Waals surface area contributed by atoms with Gasteiger partial charge in [0.25, 0.3) is 5.91 Å². The maximum absolute atomic E-state index is 12.8. The normalized spacial score (nSPS) is 11.8. The molecule has 0 radical (unpaired) electrons. The molecule has 0 aliphatic heterocycles. The number of methoxy groups -OCH3 is 1. The van der Waals surface area contributed by atoms with E-state index < -0.39 is 15.9 Å². The van der Waals surface area contributed by atoms with Gasteiger partial charge in [-0.3, -0.25) is 4.79 Å². The minimum atomic E-state index is -3.80. The van der Waals surface area contributed by atoms with Crippen LogP contribution in [0.3, 0.4) is 0 Å². The number of rotatable bonds is 7. The van der Waals surface area contributed by atoms with Crippen molar-refractivity contribution in [2.75, 3.05) is 20.7 Å². The fourth-order valence-corrected chi connectivity index (χ4v) is 3.86. The molecule has 0 saturated heterocycles. The van der Waals surface area contributed by atoms with Crippen molar-refractivity contribution >= 4 is 32.9 Å². The van der Waals surface area contributed by atoms with Gasteiger partial charge in [0, 0.05) is 7.05 Å². The standard InChI is InChI=1S/C21H21N3O4S/c1-24(15-21(25)23-22-14-16-7-10-19(28-2)11-8-16)29(26,27)20-12-9-17-5-3-4-6-18(17)13-20/h3-14H,15H2,1-2H3,(H,23,25)/b22-14+. The van der Waals surface area contributed by atoms with E-state index in [9.17, 15) is 13.2 Å². The number of nitrogens with zero attached hydrogens (tertiary/aromatic N) is 2. The maximum atomic E-state index is 12.8. The summed E-state index contributed by atoms with van der Waals surface area (Å²) in [4.78, 5) is 12.2. The average Bonchev–Trinajstić information content (AvgIpc) is 2.73. The Labute approximate surface area is 169 Å². The number of benzene rings is 3. The Kier molecular flexibility index (Phi) is 6.26. The van der Waals surface area contributed by atoms with Gasteiger partial charge in [-0.25, -0.2) is 13.8 Å². The molecule has 0 aliphatic carbocycles. The molecule has 0 atom stereocenters. The van der Waals surface area contributed by atoms with Crippen LogP contribution in [0.5, 0.6) is 5.75 Å². The Morgan fingerprint density at radius 2 is 1.76 bits per heavy atom. The van der Waals surface area contributed by atoms with E-state index in [1.165, 1.54) is 19.3 Å². The second kappa shape index (κ2) is 8.85. The van der Waals surface area contributed by atoms with Crippen molar-refractivity contribution in [3.8, 4) is 5.75 Å². The number of hydrazone groups is 1. The molecule has 3 rings (SSSR count). The summed E-state index contributed by atoms with van der Waals surface area (Å²) in [5.41, 5.74) is 3.10. The van der Waals surface area contributed by atoms with Gasteiger partial charge in [-0.1, -0.05) is 30.3 Å². The zero-order valence-electron chi connectivity index (χ0n) is 16.1. The van der Waals surface area contributed by atoms with E-state index in [1.807, 2.05) is 24.3 Å². The molecule has 3 aromatic rings. The summed E-state index contributed by atoms with van der Waals surface area (Å²) in [6.45, 7) is -0.352. The van der Waals surface area contributed by atoms with Crippen molar-refractivity contribution in [2.45, 2.75) is 4.90 Å². The predicted octanol–water partition coefficient (Wildman–Crippen LogP) is 2.62. The Hall–Kier alpha value is -3.23. The molecule has 0 heterocycles. The highest BCUT2D eigenvalue weighted by molar-refractivity contribution is 7.89. The van der Waals surface area contributed by atoms with Crippen molar-refractivity contribution in [3.63, 3.8) is 0 Å². The zero-order chi connectivity index (χ0) is 20.9. The number of nitrogens with one attached hydrogen (secondary N) is 1. The van der Waals surface area contributed by atoms with Gasteiger partial charge in [0.05, 0.1) is 24.8 Å². The van der Waals surface area contributed by atoms with Gasteiger partial charge in [0.1, 0.15) is 5.75 Å². The number of likely N-dealkylation sites (N-methyl/N-ethyl adjacent to an activating group) is 1. The van der Waals surface area contributed by atoms with E-state index in [0.29, 0.717) is 5.75 Å². The third kappa shape index (κ3) is 4.98. The third-order valence-corrected chi connectivity index (χ3v) is 6.11. The van der Waals surface area contributed by atoms with Crippen LogP contribution in [-0.2, 0) is 14.8 Å². The number of sulfonamides is 1. The summed E-state index contributed by atoms with van der Waals surface area (Å²) in [5, 5.41) is 5.62. The first-order chi connectivity index (χ1) is 13.9. The number of hydrogen-bond acceptors (Lipinski definition) is 5. The smallest absolute Gasteiger partial charge is 0.255 e. The molecule has 7 nitrogen and oxygen atoms in total. The van der Waals surface area contributed by atoms with Crippen LogP contribution < -0.4 is 10.2 Å². The monoisotopic (exact) mass is 411 g/mol. The van der Waals surface area contributed by atoms with Gasteiger partial charge in [0.15, 0.2) is 0 Å². The van der Waals surface area contributed by atoms with Gasteiger partial charge in [-0.15, -0.1) is 0 Å². The number of carbonyl (C=O) groups is 1. The molecular weight excluding hydrogens is 390 g/mol. The summed E-state index contributed by atoms with van der Waals surface area (Å²) in [7, 11) is -0.870. The molecule has 0 fully saturated rings. The molecule has 0 aliphatic rings. The molecule has 150 valence electrons. The molecule has 0 bridgehead atoms. The van der Waals surface area contributed by atoms with E-state index in [2.05, 4.69) is 10.5 Å². The van der Waals surface area contributed by atoms with Crippen LogP contribution in [0, 0.1) is 0 Å². The first-order valence-corrected chi connectivity index (χ1v) is 10.3. The number of amides is 1. The molecular formula is C21H21N3O4S. The van der Waals surface area contributed by atoms with Crippen molar-refractivity contribution in [1.82, 2.24) is 9.73 Å². The number of carbonyl (C=O) groups excluding carboxylic acids is 1. The van der Waals surface area contributed by atoms with E-state index in [1.54, 1.807) is 43.5 Å². The Morgan fingerprint density at radius 3 is 2.45 bits per heavy atom. The minimum Gasteiger partial charge on any atom is -0.497 e. The highest BCUT2D eigenvalue weighted by Crippen LogP contribution is 2.21. The molecule has 8 heteroatoms. The van der Waals surface area contributed by atoms with Crippen molar-refractivity contribution in [1.29, 1.82) is 0 Å². The summed E-state index contributed by atoms with van der Waals surface area (Å²) in [6.07, 6.45) is 1.47. The number of ether oxygens (including phenoxy) is 1. The van der Waals surface area contributed by atoms with Gasteiger partial charge in [-0.2, -0.15) is 9.41 Å². The number of hydrogen-bond donors (Lipinski definition) is 1. The third-order valence-electron chi connectivity index (χ3n) is 4.31. The van der Waals surface area contributed by atoms with Gasteiger partial charge in [-0.05, 0) is 52.7 Å². The molecule has 0 aromatic heterocycles. The fraction of sp³-hybridized carbons (Fsp3) is 0.143. The Morgan fingerprint density at radius 1 is 1.07 bits per heavy atom. The number of fused-ring (bicyclic) bond motifs is 1. The zero-order valence-corrected chi connectivity index (χ0v) is 16.9. The summed E-state index contributed by atoms with van der Waals surface area (Å²) in [5.74, 6) is 0.174. The summed E-state index contributed by atoms with van der Waals surface area (Å²) in [6, 6.07) is 19.5. The van der Waals surface area contributed by atoms with Crippen LogP contribution in [0.2, 0.25) is 0 Å². The van der Waals surface area contributed by atoms with Crippen LogP contribution in [-0.4, -0.2) is 45.5 Å². The van der Waals surface area contributed by atoms with Crippen LogP contribution in [0.15, 0.2) is 76.7 Å². The van der Waals surface area contributed by atoms with Gasteiger partial charge < -0.3 is 4.74 Å². The second-order valence-electron chi connectivity index (χ2n) is 6.34. The van der Waals surface area contributed by atoms with Crippen molar-refractivity contribution in [2.24, 2.45) is 5.10 Å². The maximum Gasteiger partial charge on any atom is 0.255 e. The molecule has 0 unspecified atom stereocenters. The first-order valence-electron chi connectivity index (χ1n) is 8.81. The van der Waals surface area contributed by atoms with E-state index in [-0.39, 0.29) is 11.4 Å². The second-order valence-corrected chi connectivity index (χ2v) is 8.38. The summed E-state index contributed by atoms with van der Waals surface area (Å²) < 4.78 is 31.6. The van der Waals surface area contributed by atoms with Crippen LogP contribution in [0.4, 0.5) is 0 Å². The molecule has 29 heavy (non-hydrogen) atoms. The summed E-state index contributed by atoms with van der Waals surface area (Å²) >= 11 is 0. The van der Waals surface area contributed by atoms with E-state index >= 15 is 0 Å².